The average molecular weight is 369 g/mol. The number of ether oxygens (including phenoxy) is 1. The van der Waals surface area contributed by atoms with Crippen LogP contribution in [0.15, 0.2) is 72.8 Å². The molecule has 5 rings (SSSR count). The molecular weight excluding hydrogens is 346 g/mol. The number of hydrogen-bond donors (Lipinski definition) is 1. The van der Waals surface area contributed by atoms with Crippen LogP contribution < -0.4 is 5.32 Å². The normalized spacial score (nSPS) is 22.4. The van der Waals surface area contributed by atoms with Gasteiger partial charge in [-0.05, 0) is 47.2 Å². The Hall–Kier alpha value is -3.07. The van der Waals surface area contributed by atoms with Gasteiger partial charge >= 0.3 is 5.97 Å². The van der Waals surface area contributed by atoms with Gasteiger partial charge in [-0.15, -0.1) is 0 Å². The molecule has 28 heavy (non-hydrogen) atoms. The molecule has 1 aliphatic heterocycles. The van der Waals surface area contributed by atoms with Crippen LogP contribution in [0.5, 0.6) is 0 Å². The maximum atomic E-state index is 12.6. The predicted octanol–water partition coefficient (Wildman–Crippen LogP) is 5.84. The van der Waals surface area contributed by atoms with Crippen molar-refractivity contribution in [3.8, 4) is 0 Å². The Balaban J connectivity index is 1.66. The molecule has 0 radical (unpaired) electrons. The maximum Gasteiger partial charge on any atom is 0.340 e. The van der Waals surface area contributed by atoms with E-state index in [1.165, 1.54) is 21.9 Å². The first-order valence-electron chi connectivity index (χ1n) is 9.99. The zero-order valence-corrected chi connectivity index (χ0v) is 15.9. The van der Waals surface area contributed by atoms with Crippen LogP contribution in [-0.4, -0.2) is 12.6 Å². The van der Waals surface area contributed by atoms with E-state index in [1.807, 2.05) is 19.1 Å². The summed E-state index contributed by atoms with van der Waals surface area (Å²) in [7, 11) is 0. The number of carbonyl (C=O) groups excluding carboxylic acids is 1. The molecule has 0 spiro atoms. The molecule has 1 N–H and O–H groups in total. The third-order valence-electron chi connectivity index (χ3n) is 6.05. The molecule has 3 nitrogen and oxygen atoms in total. The number of allylic oxidation sites excluding steroid dienone is 2. The lowest BCUT2D eigenvalue weighted by Gasteiger charge is -2.38. The van der Waals surface area contributed by atoms with Gasteiger partial charge in [0.1, 0.15) is 0 Å². The van der Waals surface area contributed by atoms with Gasteiger partial charge in [-0.1, -0.05) is 66.7 Å². The number of fused-ring (bicyclic) bond motifs is 4. The zero-order chi connectivity index (χ0) is 19.1. The van der Waals surface area contributed by atoms with Crippen molar-refractivity contribution >= 4 is 22.4 Å². The molecule has 2 aliphatic rings. The van der Waals surface area contributed by atoms with Gasteiger partial charge in [-0.3, -0.25) is 0 Å². The highest BCUT2D eigenvalue weighted by Crippen LogP contribution is 2.51. The quantitative estimate of drug-likeness (QED) is 0.465. The standard InChI is InChI=1S/C25H23NO2/c1-2-28-25(27)22-15-7-14-21-18-11-6-13-20(18)23(26-24(21)22)19-12-5-9-16-8-3-4-10-17(16)19/h3-12,14-15,18,20,23,26H,2,13H2,1H3/t18-,20+,23+/m1/s1. The molecular formula is C25H23NO2. The molecule has 0 saturated heterocycles. The minimum absolute atomic E-state index is 0.147. The Bertz CT molecular complexity index is 1080. The molecule has 0 fully saturated rings. The molecule has 3 heteroatoms. The Kier molecular flexibility index (Phi) is 4.16. The van der Waals surface area contributed by atoms with E-state index in [0.29, 0.717) is 24.0 Å². The molecule has 0 bridgehead atoms. The second-order valence-corrected chi connectivity index (χ2v) is 7.53. The summed E-state index contributed by atoms with van der Waals surface area (Å²) in [5.74, 6) is 0.495. The third kappa shape index (κ3) is 2.62. The summed E-state index contributed by atoms with van der Waals surface area (Å²) in [6.45, 7) is 2.22. The van der Waals surface area contributed by atoms with Crippen LogP contribution in [-0.2, 0) is 4.74 Å². The fourth-order valence-electron chi connectivity index (χ4n) is 4.83. The van der Waals surface area contributed by atoms with E-state index in [1.54, 1.807) is 0 Å². The topological polar surface area (TPSA) is 38.3 Å². The first-order valence-corrected chi connectivity index (χ1v) is 9.99. The van der Waals surface area contributed by atoms with Crippen molar-refractivity contribution in [2.24, 2.45) is 5.92 Å². The summed E-state index contributed by atoms with van der Waals surface area (Å²) in [6, 6.07) is 21.1. The van der Waals surface area contributed by atoms with E-state index < -0.39 is 0 Å². The Morgan fingerprint density at radius 3 is 2.71 bits per heavy atom. The highest BCUT2D eigenvalue weighted by Gasteiger charge is 2.39. The number of para-hydroxylation sites is 1. The average Bonchev–Trinajstić information content (AvgIpc) is 3.23. The van der Waals surface area contributed by atoms with Crippen molar-refractivity contribution in [3.05, 3.63) is 89.5 Å². The van der Waals surface area contributed by atoms with Crippen LogP contribution in [0.1, 0.15) is 46.8 Å². The maximum absolute atomic E-state index is 12.6. The van der Waals surface area contributed by atoms with Crippen LogP contribution >= 0.6 is 0 Å². The zero-order valence-electron chi connectivity index (χ0n) is 15.9. The molecule has 3 aromatic rings. The van der Waals surface area contributed by atoms with Gasteiger partial charge in [0.05, 0.1) is 23.9 Å². The summed E-state index contributed by atoms with van der Waals surface area (Å²) in [5, 5.41) is 6.26. The largest absolute Gasteiger partial charge is 0.462 e. The minimum atomic E-state index is -0.260. The smallest absolute Gasteiger partial charge is 0.340 e. The monoisotopic (exact) mass is 369 g/mol. The van der Waals surface area contributed by atoms with Crippen molar-refractivity contribution < 1.29 is 9.53 Å². The summed E-state index contributed by atoms with van der Waals surface area (Å²) < 4.78 is 5.32. The Labute approximate surface area is 165 Å². The van der Waals surface area contributed by atoms with Gasteiger partial charge < -0.3 is 10.1 Å². The number of esters is 1. The number of anilines is 1. The fourth-order valence-corrected chi connectivity index (χ4v) is 4.83. The molecule has 3 aromatic carbocycles. The van der Waals surface area contributed by atoms with Gasteiger partial charge in [0.2, 0.25) is 0 Å². The van der Waals surface area contributed by atoms with Crippen molar-refractivity contribution in [2.45, 2.75) is 25.3 Å². The van der Waals surface area contributed by atoms with Crippen LogP contribution in [0, 0.1) is 5.92 Å². The molecule has 1 heterocycles. The van der Waals surface area contributed by atoms with Gasteiger partial charge in [0.15, 0.2) is 0 Å². The van der Waals surface area contributed by atoms with E-state index in [9.17, 15) is 4.79 Å². The highest BCUT2D eigenvalue weighted by molar-refractivity contribution is 5.97. The lowest BCUT2D eigenvalue weighted by molar-refractivity contribution is 0.0527. The number of carbonyl (C=O) groups is 1. The van der Waals surface area contributed by atoms with Crippen LogP contribution in [0.3, 0.4) is 0 Å². The lowest BCUT2D eigenvalue weighted by Crippen LogP contribution is -2.30. The number of nitrogens with one attached hydrogen (secondary N) is 1. The Morgan fingerprint density at radius 1 is 1.04 bits per heavy atom. The van der Waals surface area contributed by atoms with Gasteiger partial charge in [0.25, 0.3) is 0 Å². The van der Waals surface area contributed by atoms with Gasteiger partial charge in [0, 0.05) is 5.92 Å². The molecule has 0 saturated carbocycles. The van der Waals surface area contributed by atoms with Crippen LogP contribution in [0.2, 0.25) is 0 Å². The van der Waals surface area contributed by atoms with E-state index in [-0.39, 0.29) is 12.0 Å². The summed E-state index contributed by atoms with van der Waals surface area (Å²) in [5.41, 5.74) is 4.04. The first-order chi connectivity index (χ1) is 13.8. The van der Waals surface area contributed by atoms with Gasteiger partial charge in [-0.25, -0.2) is 4.79 Å². The van der Waals surface area contributed by atoms with Crippen molar-refractivity contribution in [1.29, 1.82) is 0 Å². The highest BCUT2D eigenvalue weighted by atomic mass is 16.5. The molecule has 3 atom stereocenters. The van der Waals surface area contributed by atoms with Crippen molar-refractivity contribution in [2.75, 3.05) is 11.9 Å². The van der Waals surface area contributed by atoms with Gasteiger partial charge in [-0.2, -0.15) is 0 Å². The van der Waals surface area contributed by atoms with E-state index in [2.05, 4.69) is 66.0 Å². The number of rotatable bonds is 3. The number of benzene rings is 3. The molecule has 1 aliphatic carbocycles. The molecule has 0 amide bonds. The minimum Gasteiger partial charge on any atom is -0.462 e. The SMILES string of the molecule is CCOC(=O)c1cccc2c1N[C@@H](c1cccc3ccccc13)[C@H]1CC=C[C@@H]21. The summed E-state index contributed by atoms with van der Waals surface area (Å²) in [6.07, 6.45) is 5.62. The Morgan fingerprint density at radius 2 is 1.82 bits per heavy atom. The van der Waals surface area contributed by atoms with E-state index in [0.717, 1.165) is 12.1 Å². The van der Waals surface area contributed by atoms with Crippen molar-refractivity contribution in [3.63, 3.8) is 0 Å². The van der Waals surface area contributed by atoms with E-state index >= 15 is 0 Å². The fraction of sp³-hybridized carbons (Fsp3) is 0.240. The third-order valence-corrected chi connectivity index (χ3v) is 6.05. The first kappa shape index (κ1) is 17.1. The lowest BCUT2D eigenvalue weighted by atomic mass is 9.75. The van der Waals surface area contributed by atoms with Crippen LogP contribution in [0.4, 0.5) is 5.69 Å². The molecule has 0 aromatic heterocycles. The second kappa shape index (κ2) is 6.83. The van der Waals surface area contributed by atoms with Crippen LogP contribution in [0.25, 0.3) is 10.8 Å². The predicted molar refractivity (Wildman–Crippen MR) is 113 cm³/mol. The summed E-state index contributed by atoms with van der Waals surface area (Å²) >= 11 is 0. The number of hydrogen-bond acceptors (Lipinski definition) is 3. The van der Waals surface area contributed by atoms with E-state index in [4.69, 9.17) is 4.74 Å². The summed E-state index contributed by atoms with van der Waals surface area (Å²) in [4.78, 5) is 12.6. The molecule has 0 unspecified atom stereocenters. The van der Waals surface area contributed by atoms with Crippen molar-refractivity contribution in [1.82, 2.24) is 0 Å². The second-order valence-electron chi connectivity index (χ2n) is 7.53. The molecule has 140 valence electrons.